The second-order valence-electron chi connectivity index (χ2n) is 7.65. The molecule has 1 saturated carbocycles. The third-order valence-electron chi connectivity index (χ3n) is 5.41. The third kappa shape index (κ3) is 4.44. The summed E-state index contributed by atoms with van der Waals surface area (Å²) in [4.78, 5) is 2.57. The van der Waals surface area contributed by atoms with Crippen LogP contribution in [0, 0.1) is 11.8 Å². The molecule has 118 valence electrons. The van der Waals surface area contributed by atoms with Crippen molar-refractivity contribution in [1.82, 2.24) is 10.2 Å². The van der Waals surface area contributed by atoms with Crippen molar-refractivity contribution in [2.75, 3.05) is 32.8 Å². The minimum Gasteiger partial charge on any atom is -0.379 e. The van der Waals surface area contributed by atoms with Gasteiger partial charge in [-0.15, -0.1) is 0 Å². The molecule has 3 heteroatoms. The van der Waals surface area contributed by atoms with E-state index in [-0.39, 0.29) is 5.54 Å². The van der Waals surface area contributed by atoms with Gasteiger partial charge in [0, 0.05) is 31.2 Å². The van der Waals surface area contributed by atoms with Gasteiger partial charge in [0.2, 0.25) is 0 Å². The lowest BCUT2D eigenvalue weighted by atomic mass is 9.79. The monoisotopic (exact) mass is 282 g/mol. The number of hydrogen-bond donors (Lipinski definition) is 1. The molecule has 2 aliphatic rings. The van der Waals surface area contributed by atoms with Crippen LogP contribution < -0.4 is 5.32 Å². The molecule has 3 nitrogen and oxygen atoms in total. The molecule has 0 aromatic rings. The fourth-order valence-corrected chi connectivity index (χ4v) is 3.66. The van der Waals surface area contributed by atoms with Gasteiger partial charge in [0.15, 0.2) is 0 Å². The summed E-state index contributed by atoms with van der Waals surface area (Å²) in [5, 5.41) is 3.84. The molecule has 0 atom stereocenters. The molecule has 2 rings (SSSR count). The fourth-order valence-electron chi connectivity index (χ4n) is 3.66. The van der Waals surface area contributed by atoms with E-state index in [1.807, 2.05) is 0 Å². The quantitative estimate of drug-likeness (QED) is 0.839. The molecular weight excluding hydrogens is 248 g/mol. The molecule has 1 heterocycles. The van der Waals surface area contributed by atoms with Crippen LogP contribution in [0.5, 0.6) is 0 Å². The zero-order chi connectivity index (χ0) is 14.6. The van der Waals surface area contributed by atoms with Crippen LogP contribution >= 0.6 is 0 Å². The maximum absolute atomic E-state index is 5.46. The van der Waals surface area contributed by atoms with Crippen LogP contribution in [-0.4, -0.2) is 49.3 Å². The highest BCUT2D eigenvalue weighted by molar-refractivity contribution is 4.88. The first-order valence-electron chi connectivity index (χ1n) is 8.55. The number of hydrogen-bond acceptors (Lipinski definition) is 3. The van der Waals surface area contributed by atoms with Crippen molar-refractivity contribution in [3.05, 3.63) is 0 Å². The smallest absolute Gasteiger partial charge is 0.0594 e. The van der Waals surface area contributed by atoms with Crippen LogP contribution in [0.1, 0.15) is 53.4 Å². The molecular formula is C17H34N2O. The van der Waals surface area contributed by atoms with Crippen molar-refractivity contribution in [2.24, 2.45) is 11.8 Å². The highest BCUT2D eigenvalue weighted by Gasteiger charge is 2.30. The summed E-state index contributed by atoms with van der Waals surface area (Å²) in [5.74, 6) is 1.82. The lowest BCUT2D eigenvalue weighted by molar-refractivity contribution is -0.0109. The minimum absolute atomic E-state index is 0.249. The summed E-state index contributed by atoms with van der Waals surface area (Å²) in [6.07, 6.45) is 5.55. The lowest BCUT2D eigenvalue weighted by Gasteiger charge is -2.42. The van der Waals surface area contributed by atoms with Crippen LogP contribution in [0.4, 0.5) is 0 Å². The SMILES string of the molecule is CC(C)C1CCC(NCC(C)(C)N2CCOCC2)CC1. The molecule has 1 N–H and O–H groups in total. The van der Waals surface area contributed by atoms with E-state index in [4.69, 9.17) is 4.74 Å². The molecule has 2 fully saturated rings. The molecule has 0 bridgehead atoms. The molecule has 0 aromatic carbocycles. The van der Waals surface area contributed by atoms with Gasteiger partial charge in [0.25, 0.3) is 0 Å². The first-order chi connectivity index (χ1) is 9.49. The molecule has 20 heavy (non-hydrogen) atoms. The van der Waals surface area contributed by atoms with Crippen molar-refractivity contribution in [3.8, 4) is 0 Å². The summed E-state index contributed by atoms with van der Waals surface area (Å²) in [6.45, 7) is 14.5. The number of morpholine rings is 1. The molecule has 1 aliphatic heterocycles. The van der Waals surface area contributed by atoms with E-state index in [0.717, 1.165) is 50.7 Å². The number of rotatable bonds is 5. The van der Waals surface area contributed by atoms with Gasteiger partial charge >= 0.3 is 0 Å². The predicted octanol–water partition coefficient (Wildman–Crippen LogP) is 2.90. The Morgan fingerprint density at radius 3 is 2.25 bits per heavy atom. The zero-order valence-electron chi connectivity index (χ0n) is 14.0. The summed E-state index contributed by atoms with van der Waals surface area (Å²) < 4.78 is 5.46. The van der Waals surface area contributed by atoms with Gasteiger partial charge < -0.3 is 10.1 Å². The van der Waals surface area contributed by atoms with Gasteiger partial charge in [-0.05, 0) is 51.4 Å². The first kappa shape index (κ1) is 16.3. The molecule has 0 amide bonds. The van der Waals surface area contributed by atoms with E-state index in [2.05, 4.69) is 37.9 Å². The predicted molar refractivity (Wildman–Crippen MR) is 85.1 cm³/mol. The lowest BCUT2D eigenvalue weighted by Crippen LogP contribution is -2.56. The van der Waals surface area contributed by atoms with Gasteiger partial charge in [-0.1, -0.05) is 13.8 Å². The fraction of sp³-hybridized carbons (Fsp3) is 1.00. The Morgan fingerprint density at radius 1 is 1.10 bits per heavy atom. The van der Waals surface area contributed by atoms with Crippen LogP contribution in [0.25, 0.3) is 0 Å². The number of nitrogens with one attached hydrogen (secondary N) is 1. The van der Waals surface area contributed by atoms with E-state index in [0.29, 0.717) is 0 Å². The van der Waals surface area contributed by atoms with Crippen molar-refractivity contribution < 1.29 is 4.74 Å². The second kappa shape index (κ2) is 7.24. The molecule has 0 unspecified atom stereocenters. The maximum Gasteiger partial charge on any atom is 0.0594 e. The minimum atomic E-state index is 0.249. The largest absolute Gasteiger partial charge is 0.379 e. The van der Waals surface area contributed by atoms with Crippen LogP contribution in [0.2, 0.25) is 0 Å². The normalized spacial score (nSPS) is 29.9. The number of ether oxygens (including phenoxy) is 1. The van der Waals surface area contributed by atoms with E-state index < -0.39 is 0 Å². The highest BCUT2D eigenvalue weighted by atomic mass is 16.5. The van der Waals surface area contributed by atoms with Crippen LogP contribution in [-0.2, 0) is 4.74 Å². The van der Waals surface area contributed by atoms with E-state index >= 15 is 0 Å². The Hall–Kier alpha value is -0.120. The van der Waals surface area contributed by atoms with Crippen LogP contribution in [0.3, 0.4) is 0 Å². The van der Waals surface area contributed by atoms with Crippen molar-refractivity contribution in [2.45, 2.75) is 65.0 Å². The van der Waals surface area contributed by atoms with Gasteiger partial charge in [-0.3, -0.25) is 4.90 Å². The summed E-state index contributed by atoms with van der Waals surface area (Å²) >= 11 is 0. The zero-order valence-corrected chi connectivity index (χ0v) is 14.0. The topological polar surface area (TPSA) is 24.5 Å². The molecule has 0 radical (unpaired) electrons. The van der Waals surface area contributed by atoms with E-state index in [9.17, 15) is 0 Å². The Morgan fingerprint density at radius 2 is 1.70 bits per heavy atom. The van der Waals surface area contributed by atoms with Gasteiger partial charge in [0.05, 0.1) is 13.2 Å². The van der Waals surface area contributed by atoms with E-state index in [1.54, 1.807) is 0 Å². The van der Waals surface area contributed by atoms with Gasteiger partial charge in [-0.25, -0.2) is 0 Å². The molecule has 0 aromatic heterocycles. The number of nitrogens with zero attached hydrogens (tertiary/aromatic N) is 1. The summed E-state index contributed by atoms with van der Waals surface area (Å²) in [7, 11) is 0. The first-order valence-corrected chi connectivity index (χ1v) is 8.55. The third-order valence-corrected chi connectivity index (χ3v) is 5.41. The van der Waals surface area contributed by atoms with Gasteiger partial charge in [0.1, 0.15) is 0 Å². The Labute approximate surface area is 125 Å². The summed E-state index contributed by atoms with van der Waals surface area (Å²) in [5.41, 5.74) is 0.249. The van der Waals surface area contributed by atoms with Crippen molar-refractivity contribution in [1.29, 1.82) is 0 Å². The van der Waals surface area contributed by atoms with Gasteiger partial charge in [-0.2, -0.15) is 0 Å². The Kier molecular flexibility index (Phi) is 5.88. The second-order valence-corrected chi connectivity index (χ2v) is 7.65. The standard InChI is InChI=1S/C17H34N2O/c1-14(2)15-5-7-16(8-6-15)18-13-17(3,4)19-9-11-20-12-10-19/h14-16,18H,5-13H2,1-4H3. The maximum atomic E-state index is 5.46. The van der Waals surface area contributed by atoms with Crippen molar-refractivity contribution >= 4 is 0 Å². The highest BCUT2D eigenvalue weighted by Crippen LogP contribution is 2.30. The summed E-state index contributed by atoms with van der Waals surface area (Å²) in [6, 6.07) is 0.741. The Balaban J connectivity index is 1.72. The molecule has 0 spiro atoms. The molecule has 1 aliphatic carbocycles. The van der Waals surface area contributed by atoms with Crippen molar-refractivity contribution in [3.63, 3.8) is 0 Å². The van der Waals surface area contributed by atoms with Crippen LogP contribution in [0.15, 0.2) is 0 Å². The average molecular weight is 282 g/mol. The Bertz CT molecular complexity index is 277. The average Bonchev–Trinajstić information content (AvgIpc) is 2.46. The molecule has 1 saturated heterocycles. The van der Waals surface area contributed by atoms with E-state index in [1.165, 1.54) is 25.7 Å².